The van der Waals surface area contributed by atoms with Gasteiger partial charge in [0.05, 0.1) is 18.6 Å². The van der Waals surface area contributed by atoms with Gasteiger partial charge < -0.3 is 4.90 Å². The lowest BCUT2D eigenvalue weighted by Gasteiger charge is -2.25. The van der Waals surface area contributed by atoms with E-state index in [1.54, 1.807) is 4.90 Å². The number of nitrogens with zero attached hydrogens (tertiary/aromatic N) is 1. The molecule has 2 atom stereocenters. The van der Waals surface area contributed by atoms with Crippen LogP contribution in [0.1, 0.15) is 30.5 Å². The highest BCUT2D eigenvalue weighted by Crippen LogP contribution is 2.28. The fraction of sp³-hybridized carbons (Fsp3) is 0.300. The van der Waals surface area contributed by atoms with Gasteiger partial charge >= 0.3 is 0 Å². The van der Waals surface area contributed by atoms with Crippen molar-refractivity contribution in [3.05, 3.63) is 71.8 Å². The molecule has 2 aromatic rings. The first kappa shape index (κ1) is 17.2. The lowest BCUT2D eigenvalue weighted by Crippen LogP contribution is -2.33. The van der Waals surface area contributed by atoms with E-state index in [-0.39, 0.29) is 30.2 Å². The van der Waals surface area contributed by atoms with Crippen LogP contribution in [0.25, 0.3) is 0 Å². The Bertz CT molecular complexity index is 718. The van der Waals surface area contributed by atoms with Gasteiger partial charge in [-0.05, 0) is 18.1 Å². The Hall–Kier alpha value is -2.66. The minimum atomic E-state index is -0.380. The van der Waals surface area contributed by atoms with Crippen molar-refractivity contribution in [2.45, 2.75) is 26.0 Å². The van der Waals surface area contributed by atoms with E-state index in [1.807, 2.05) is 67.6 Å². The molecular formula is C20H22N2O3. The van der Waals surface area contributed by atoms with Gasteiger partial charge in [-0.1, -0.05) is 60.7 Å². The molecule has 1 aliphatic rings. The third-order valence-electron chi connectivity index (χ3n) is 4.53. The fourth-order valence-corrected chi connectivity index (χ4v) is 3.04. The number of rotatable bonds is 6. The molecule has 0 aromatic heterocycles. The molecule has 0 bridgehead atoms. The summed E-state index contributed by atoms with van der Waals surface area (Å²) in [5, 5.41) is 0. The summed E-state index contributed by atoms with van der Waals surface area (Å²) in [6.45, 7) is 2.70. The maximum atomic E-state index is 12.3. The van der Waals surface area contributed by atoms with Crippen LogP contribution in [-0.2, 0) is 21.0 Å². The Kier molecular flexibility index (Phi) is 5.46. The highest BCUT2D eigenvalue weighted by Gasteiger charge is 2.37. The van der Waals surface area contributed by atoms with Crippen LogP contribution in [0.5, 0.6) is 0 Å². The van der Waals surface area contributed by atoms with Crippen molar-refractivity contribution in [3.8, 4) is 0 Å². The van der Waals surface area contributed by atoms with Crippen molar-refractivity contribution in [2.24, 2.45) is 5.92 Å². The summed E-state index contributed by atoms with van der Waals surface area (Å²) in [6, 6.07) is 19.4. The number of nitrogens with one attached hydrogen (secondary N) is 1. The van der Waals surface area contributed by atoms with Crippen molar-refractivity contribution in [3.63, 3.8) is 0 Å². The molecule has 25 heavy (non-hydrogen) atoms. The molecule has 0 aliphatic carbocycles. The molecule has 0 unspecified atom stereocenters. The molecule has 2 amide bonds. The van der Waals surface area contributed by atoms with Gasteiger partial charge in [-0.2, -0.15) is 0 Å². The topological polar surface area (TPSA) is 58.6 Å². The maximum Gasteiger partial charge on any atom is 0.248 e. The summed E-state index contributed by atoms with van der Waals surface area (Å²) >= 11 is 0. The first-order valence-corrected chi connectivity index (χ1v) is 8.45. The lowest BCUT2D eigenvalue weighted by atomic mass is 10.1. The molecule has 1 heterocycles. The average Bonchev–Trinajstić information content (AvgIpc) is 3.04. The third kappa shape index (κ3) is 4.25. The normalized spacial score (nSPS) is 18.2. The molecule has 1 N–H and O–H groups in total. The number of hydrogen-bond donors (Lipinski definition) is 1. The second-order valence-corrected chi connectivity index (χ2v) is 6.27. The number of carbonyl (C=O) groups excluding carboxylic acids is 2. The second kappa shape index (κ2) is 7.94. The molecule has 5 nitrogen and oxygen atoms in total. The highest BCUT2D eigenvalue weighted by molar-refractivity contribution is 5.89. The number of amides is 2. The predicted molar refractivity (Wildman–Crippen MR) is 94.1 cm³/mol. The Morgan fingerprint density at radius 1 is 1.16 bits per heavy atom. The largest absolute Gasteiger partial charge is 0.335 e. The van der Waals surface area contributed by atoms with Crippen LogP contribution in [0.3, 0.4) is 0 Å². The molecule has 2 aromatic carbocycles. The third-order valence-corrected chi connectivity index (χ3v) is 4.53. The minimum absolute atomic E-state index is 0.000405. The van der Waals surface area contributed by atoms with E-state index in [4.69, 9.17) is 4.84 Å². The number of benzene rings is 2. The summed E-state index contributed by atoms with van der Waals surface area (Å²) in [5.41, 5.74) is 4.52. The molecule has 5 heteroatoms. The van der Waals surface area contributed by atoms with E-state index in [0.29, 0.717) is 13.2 Å². The molecule has 0 spiro atoms. The van der Waals surface area contributed by atoms with E-state index >= 15 is 0 Å². The fourth-order valence-electron chi connectivity index (χ4n) is 3.04. The smallest absolute Gasteiger partial charge is 0.248 e. The molecule has 1 saturated heterocycles. The van der Waals surface area contributed by atoms with Gasteiger partial charge in [0.15, 0.2) is 0 Å². The van der Waals surface area contributed by atoms with Crippen molar-refractivity contribution >= 4 is 11.8 Å². The van der Waals surface area contributed by atoms with Crippen LogP contribution in [0, 0.1) is 5.92 Å². The molecule has 3 rings (SSSR count). The van der Waals surface area contributed by atoms with Crippen LogP contribution < -0.4 is 5.48 Å². The molecule has 0 radical (unpaired) electrons. The van der Waals surface area contributed by atoms with Crippen molar-refractivity contribution in [1.82, 2.24) is 10.4 Å². The number of hydroxylamine groups is 1. The minimum Gasteiger partial charge on any atom is -0.335 e. The average molecular weight is 338 g/mol. The van der Waals surface area contributed by atoms with E-state index in [0.717, 1.165) is 11.1 Å². The van der Waals surface area contributed by atoms with Crippen molar-refractivity contribution in [1.29, 1.82) is 0 Å². The van der Waals surface area contributed by atoms with Crippen LogP contribution in [-0.4, -0.2) is 23.3 Å². The van der Waals surface area contributed by atoms with Crippen LogP contribution in [0.2, 0.25) is 0 Å². The number of carbonyl (C=O) groups is 2. The number of hydrogen-bond acceptors (Lipinski definition) is 3. The van der Waals surface area contributed by atoms with Gasteiger partial charge in [0.25, 0.3) is 0 Å². The zero-order valence-electron chi connectivity index (χ0n) is 14.2. The Morgan fingerprint density at radius 2 is 1.80 bits per heavy atom. The Balaban J connectivity index is 1.52. The van der Waals surface area contributed by atoms with Crippen LogP contribution >= 0.6 is 0 Å². The van der Waals surface area contributed by atoms with Crippen molar-refractivity contribution in [2.75, 3.05) is 6.54 Å². The molecular weight excluding hydrogens is 316 g/mol. The van der Waals surface area contributed by atoms with E-state index < -0.39 is 0 Å². The predicted octanol–water partition coefficient (Wildman–Crippen LogP) is 2.84. The maximum absolute atomic E-state index is 12.3. The van der Waals surface area contributed by atoms with Crippen LogP contribution in [0.15, 0.2) is 60.7 Å². The second-order valence-electron chi connectivity index (χ2n) is 6.27. The van der Waals surface area contributed by atoms with Gasteiger partial charge in [0.1, 0.15) is 0 Å². The SMILES string of the molecule is C[C@H](c1ccccc1)N1C[C@H](C(=O)NOCc2ccccc2)CC1=O. The molecule has 130 valence electrons. The first-order chi connectivity index (χ1) is 12.1. The summed E-state index contributed by atoms with van der Waals surface area (Å²) in [5.74, 6) is -0.624. The van der Waals surface area contributed by atoms with Gasteiger partial charge in [0.2, 0.25) is 11.8 Å². The molecule has 0 saturated carbocycles. The monoisotopic (exact) mass is 338 g/mol. The molecule has 1 fully saturated rings. The Labute approximate surface area is 147 Å². The summed E-state index contributed by atoms with van der Waals surface area (Å²) in [6.07, 6.45) is 0.220. The molecule has 1 aliphatic heterocycles. The zero-order chi connectivity index (χ0) is 17.6. The number of likely N-dealkylation sites (tertiary alicyclic amines) is 1. The van der Waals surface area contributed by atoms with Gasteiger partial charge in [-0.3, -0.25) is 14.4 Å². The Morgan fingerprint density at radius 3 is 2.48 bits per heavy atom. The summed E-state index contributed by atoms with van der Waals surface area (Å²) in [7, 11) is 0. The van der Waals surface area contributed by atoms with E-state index in [1.165, 1.54) is 0 Å². The summed E-state index contributed by atoms with van der Waals surface area (Å²) in [4.78, 5) is 31.6. The highest BCUT2D eigenvalue weighted by atomic mass is 16.6. The lowest BCUT2D eigenvalue weighted by molar-refractivity contribution is -0.138. The quantitative estimate of drug-likeness (QED) is 0.824. The van der Waals surface area contributed by atoms with Crippen molar-refractivity contribution < 1.29 is 14.4 Å². The van der Waals surface area contributed by atoms with E-state index in [9.17, 15) is 9.59 Å². The van der Waals surface area contributed by atoms with E-state index in [2.05, 4.69) is 5.48 Å². The van der Waals surface area contributed by atoms with Gasteiger partial charge in [0, 0.05) is 13.0 Å². The standard InChI is InChI=1S/C20H22N2O3/c1-15(17-10-6-3-7-11-17)22-13-18(12-19(22)23)20(24)21-25-14-16-8-4-2-5-9-16/h2-11,15,18H,12-14H2,1H3,(H,21,24)/t15-,18-/m1/s1. The van der Waals surface area contributed by atoms with Gasteiger partial charge in [-0.25, -0.2) is 5.48 Å². The van der Waals surface area contributed by atoms with Gasteiger partial charge in [-0.15, -0.1) is 0 Å². The zero-order valence-corrected chi connectivity index (χ0v) is 14.2. The first-order valence-electron chi connectivity index (χ1n) is 8.45. The van der Waals surface area contributed by atoms with Crippen LogP contribution in [0.4, 0.5) is 0 Å². The summed E-state index contributed by atoms with van der Waals surface area (Å²) < 4.78 is 0.